The predicted molar refractivity (Wildman–Crippen MR) is 118 cm³/mol. The van der Waals surface area contributed by atoms with E-state index in [-0.39, 0.29) is 37.8 Å². The number of benzene rings is 2. The van der Waals surface area contributed by atoms with Crippen molar-refractivity contribution in [1.82, 2.24) is 9.80 Å². The van der Waals surface area contributed by atoms with Gasteiger partial charge in [-0.3, -0.25) is 14.3 Å². The molecular formula is C22H25F2N3O5S. The van der Waals surface area contributed by atoms with Gasteiger partial charge in [0.05, 0.1) is 6.10 Å². The van der Waals surface area contributed by atoms with Crippen LogP contribution in [0.4, 0.5) is 14.5 Å². The van der Waals surface area contributed by atoms with E-state index in [0.717, 1.165) is 12.1 Å². The number of halogens is 2. The van der Waals surface area contributed by atoms with Crippen LogP contribution in [0.3, 0.4) is 0 Å². The molecule has 0 aliphatic carbocycles. The van der Waals surface area contributed by atoms with E-state index in [1.165, 1.54) is 15.9 Å². The van der Waals surface area contributed by atoms with Crippen molar-refractivity contribution in [2.45, 2.75) is 20.0 Å². The zero-order valence-corrected chi connectivity index (χ0v) is 19.1. The van der Waals surface area contributed by atoms with Gasteiger partial charge >= 0.3 is 0 Å². The highest BCUT2D eigenvalue weighted by atomic mass is 32.2. The van der Waals surface area contributed by atoms with Gasteiger partial charge in [-0.2, -0.15) is 0 Å². The summed E-state index contributed by atoms with van der Waals surface area (Å²) in [5.74, 6) is -3.39. The van der Waals surface area contributed by atoms with E-state index < -0.39 is 39.2 Å². The fourth-order valence-corrected chi connectivity index (χ4v) is 4.39. The van der Waals surface area contributed by atoms with Gasteiger partial charge in [-0.25, -0.2) is 17.2 Å². The largest absolute Gasteiger partial charge is 0.491 e. The number of carbonyl (C=O) groups excluding carboxylic acids is 2. The molecular weight excluding hydrogens is 456 g/mol. The van der Waals surface area contributed by atoms with Gasteiger partial charge in [0.15, 0.2) is 11.6 Å². The summed E-state index contributed by atoms with van der Waals surface area (Å²) in [5.41, 5.74) is 0.311. The molecule has 1 aliphatic heterocycles. The number of carbonyl (C=O) groups is 2. The van der Waals surface area contributed by atoms with E-state index >= 15 is 0 Å². The molecule has 0 spiro atoms. The summed E-state index contributed by atoms with van der Waals surface area (Å²) < 4.78 is 59.2. The van der Waals surface area contributed by atoms with E-state index in [4.69, 9.17) is 4.74 Å². The first-order chi connectivity index (χ1) is 15.5. The maximum absolute atomic E-state index is 13.4. The zero-order chi connectivity index (χ0) is 24.2. The van der Waals surface area contributed by atoms with Crippen LogP contribution < -0.4 is 9.46 Å². The third-order valence-electron chi connectivity index (χ3n) is 4.90. The molecule has 1 N–H and O–H groups in total. The topological polar surface area (TPSA) is 96.0 Å². The normalized spacial score (nSPS) is 14.3. The molecule has 0 bridgehead atoms. The molecule has 1 saturated heterocycles. The minimum Gasteiger partial charge on any atom is -0.491 e. The predicted octanol–water partition coefficient (Wildman–Crippen LogP) is 2.48. The third-order valence-corrected chi connectivity index (χ3v) is 6.07. The molecule has 11 heteroatoms. The molecule has 0 radical (unpaired) electrons. The first-order valence-electron chi connectivity index (χ1n) is 10.3. The number of piperazine rings is 1. The molecule has 0 saturated carbocycles. The van der Waals surface area contributed by atoms with Gasteiger partial charge in [0, 0.05) is 37.4 Å². The Morgan fingerprint density at radius 2 is 1.58 bits per heavy atom. The van der Waals surface area contributed by atoms with Crippen molar-refractivity contribution in [1.29, 1.82) is 0 Å². The summed E-state index contributed by atoms with van der Waals surface area (Å²) in [6, 6.07) is 9.24. The van der Waals surface area contributed by atoms with E-state index in [1.54, 1.807) is 24.3 Å². The second-order valence-electron chi connectivity index (χ2n) is 7.85. The minimum atomic E-state index is -3.94. The summed E-state index contributed by atoms with van der Waals surface area (Å²) in [4.78, 5) is 27.7. The Morgan fingerprint density at radius 3 is 2.15 bits per heavy atom. The van der Waals surface area contributed by atoms with Crippen molar-refractivity contribution in [3.63, 3.8) is 0 Å². The van der Waals surface area contributed by atoms with Crippen molar-refractivity contribution in [3.8, 4) is 5.75 Å². The number of hydrogen-bond acceptors (Lipinski definition) is 5. The Hall–Kier alpha value is -3.21. The standard InChI is InChI=1S/C22H25F2N3O5S/c1-15(2)32-18-6-4-17(5-7-18)25-33(30,31)14-21(28)26-9-11-27(12-10-26)22(29)16-3-8-19(23)20(24)13-16/h3-8,13,15,25H,9-12,14H2,1-2H3. The van der Waals surface area contributed by atoms with Crippen LogP contribution in [0.1, 0.15) is 24.2 Å². The van der Waals surface area contributed by atoms with E-state index in [2.05, 4.69) is 4.72 Å². The molecule has 1 aliphatic rings. The average Bonchev–Trinajstić information content (AvgIpc) is 2.75. The smallest absolute Gasteiger partial charge is 0.254 e. The summed E-state index contributed by atoms with van der Waals surface area (Å²) >= 11 is 0. The van der Waals surface area contributed by atoms with Crippen LogP contribution >= 0.6 is 0 Å². The number of sulfonamides is 1. The second kappa shape index (κ2) is 10.2. The monoisotopic (exact) mass is 481 g/mol. The second-order valence-corrected chi connectivity index (χ2v) is 9.58. The third kappa shape index (κ3) is 6.64. The summed E-state index contributed by atoms with van der Waals surface area (Å²) in [6.45, 7) is 4.31. The Balaban J connectivity index is 1.52. The summed E-state index contributed by atoms with van der Waals surface area (Å²) in [7, 11) is -3.94. The first-order valence-corrected chi connectivity index (χ1v) is 12.0. The van der Waals surface area contributed by atoms with Crippen LogP contribution in [-0.4, -0.2) is 68.1 Å². The molecule has 1 heterocycles. The minimum absolute atomic E-state index is 0.00488. The molecule has 3 rings (SSSR count). The summed E-state index contributed by atoms with van der Waals surface area (Å²) in [5, 5.41) is 0. The van der Waals surface area contributed by atoms with Crippen molar-refractivity contribution >= 4 is 27.5 Å². The summed E-state index contributed by atoms with van der Waals surface area (Å²) in [6.07, 6.45) is -0.0159. The molecule has 2 amide bonds. The van der Waals surface area contributed by atoms with Crippen LogP contribution in [0, 0.1) is 11.6 Å². The van der Waals surface area contributed by atoms with Crippen LogP contribution in [-0.2, 0) is 14.8 Å². The molecule has 0 aromatic heterocycles. The fraction of sp³-hybridized carbons (Fsp3) is 0.364. The Kier molecular flexibility index (Phi) is 7.52. The van der Waals surface area contributed by atoms with Crippen LogP contribution in [0.15, 0.2) is 42.5 Å². The first kappa shape index (κ1) is 24.4. The molecule has 2 aromatic carbocycles. The number of rotatable bonds is 7. The van der Waals surface area contributed by atoms with Gasteiger partial charge in [0.1, 0.15) is 11.5 Å². The highest BCUT2D eigenvalue weighted by Crippen LogP contribution is 2.18. The Morgan fingerprint density at radius 1 is 0.970 bits per heavy atom. The molecule has 0 atom stereocenters. The van der Waals surface area contributed by atoms with Gasteiger partial charge in [-0.05, 0) is 56.3 Å². The number of ether oxygens (including phenoxy) is 1. The maximum atomic E-state index is 13.4. The number of nitrogens with one attached hydrogen (secondary N) is 1. The number of nitrogens with zero attached hydrogens (tertiary/aromatic N) is 2. The average molecular weight is 482 g/mol. The maximum Gasteiger partial charge on any atom is 0.254 e. The molecule has 1 fully saturated rings. The van der Waals surface area contributed by atoms with Gasteiger partial charge in [0.25, 0.3) is 5.91 Å². The number of amides is 2. The van der Waals surface area contributed by atoms with Gasteiger partial charge in [0.2, 0.25) is 15.9 Å². The Labute approximate surface area is 191 Å². The lowest BCUT2D eigenvalue weighted by Gasteiger charge is -2.34. The van der Waals surface area contributed by atoms with E-state index in [1.807, 2.05) is 13.8 Å². The van der Waals surface area contributed by atoms with Gasteiger partial charge < -0.3 is 14.5 Å². The van der Waals surface area contributed by atoms with Crippen molar-refractivity contribution < 1.29 is 31.5 Å². The lowest BCUT2D eigenvalue weighted by Crippen LogP contribution is -2.52. The van der Waals surface area contributed by atoms with E-state index in [0.29, 0.717) is 11.4 Å². The number of anilines is 1. The highest BCUT2D eigenvalue weighted by Gasteiger charge is 2.28. The zero-order valence-electron chi connectivity index (χ0n) is 18.3. The molecule has 8 nitrogen and oxygen atoms in total. The Bertz CT molecular complexity index is 1120. The quantitative estimate of drug-likeness (QED) is 0.656. The number of hydrogen-bond donors (Lipinski definition) is 1. The lowest BCUT2D eigenvalue weighted by atomic mass is 10.1. The van der Waals surface area contributed by atoms with Gasteiger partial charge in [-0.15, -0.1) is 0 Å². The fourth-order valence-electron chi connectivity index (χ4n) is 3.31. The molecule has 2 aromatic rings. The van der Waals surface area contributed by atoms with Gasteiger partial charge in [-0.1, -0.05) is 0 Å². The van der Waals surface area contributed by atoms with E-state index in [9.17, 15) is 26.8 Å². The highest BCUT2D eigenvalue weighted by molar-refractivity contribution is 7.93. The van der Waals surface area contributed by atoms with Crippen LogP contribution in [0.5, 0.6) is 5.75 Å². The van der Waals surface area contributed by atoms with Crippen molar-refractivity contribution in [2.24, 2.45) is 0 Å². The van der Waals surface area contributed by atoms with Crippen LogP contribution in [0.25, 0.3) is 0 Å². The lowest BCUT2D eigenvalue weighted by molar-refractivity contribution is -0.129. The SMILES string of the molecule is CC(C)Oc1ccc(NS(=O)(=O)CC(=O)N2CCN(C(=O)c3ccc(F)c(F)c3)CC2)cc1. The van der Waals surface area contributed by atoms with Crippen molar-refractivity contribution in [2.75, 3.05) is 36.7 Å². The van der Waals surface area contributed by atoms with Crippen LogP contribution in [0.2, 0.25) is 0 Å². The molecule has 178 valence electrons. The molecule has 0 unspecified atom stereocenters. The molecule has 33 heavy (non-hydrogen) atoms. The van der Waals surface area contributed by atoms with Crippen molar-refractivity contribution in [3.05, 3.63) is 59.7 Å².